The quantitative estimate of drug-likeness (QED) is 0.763. The van der Waals surface area contributed by atoms with E-state index >= 15 is 0 Å². The van der Waals surface area contributed by atoms with Crippen molar-refractivity contribution in [2.45, 2.75) is 63.4 Å². The summed E-state index contributed by atoms with van der Waals surface area (Å²) in [5.74, 6) is -1.48. The van der Waals surface area contributed by atoms with Gasteiger partial charge in [0.1, 0.15) is 0 Å². The molecule has 0 aromatic heterocycles. The van der Waals surface area contributed by atoms with Crippen molar-refractivity contribution in [2.75, 3.05) is 0 Å². The van der Waals surface area contributed by atoms with Crippen LogP contribution in [-0.2, 0) is 14.3 Å². The number of carboxylic acids is 1. The Kier molecular flexibility index (Phi) is 2.98. The van der Waals surface area contributed by atoms with Gasteiger partial charge in [-0.2, -0.15) is 0 Å². The van der Waals surface area contributed by atoms with E-state index in [0.717, 1.165) is 25.7 Å². The number of rotatable bonds is 2. The zero-order chi connectivity index (χ0) is 10.9. The maximum absolute atomic E-state index is 11.0. The first kappa shape index (κ1) is 10.9. The molecule has 2 atom stereocenters. The molecule has 0 aromatic carbocycles. The predicted octanol–water partition coefficient (Wildman–Crippen LogP) is 1.93. The van der Waals surface area contributed by atoms with E-state index < -0.39 is 17.9 Å². The molecule has 0 radical (unpaired) electrons. The third kappa shape index (κ3) is 2.01. The van der Waals surface area contributed by atoms with E-state index in [1.54, 1.807) is 0 Å². The first-order valence-corrected chi connectivity index (χ1v) is 5.75. The molecule has 1 heterocycles. The highest BCUT2D eigenvalue weighted by Gasteiger charge is 2.50. The average Bonchev–Trinajstić information content (AvgIpc) is 2.58. The van der Waals surface area contributed by atoms with Crippen LogP contribution in [0.2, 0.25) is 0 Å². The summed E-state index contributed by atoms with van der Waals surface area (Å²) in [6.45, 7) is 1.94. The second-order valence-corrected chi connectivity index (χ2v) is 4.41. The van der Waals surface area contributed by atoms with Gasteiger partial charge < -0.3 is 14.6 Å². The molecule has 2 rings (SSSR count). The van der Waals surface area contributed by atoms with E-state index in [1.807, 2.05) is 6.92 Å². The van der Waals surface area contributed by atoms with Crippen LogP contribution in [0.5, 0.6) is 0 Å². The molecule has 1 aliphatic heterocycles. The highest BCUT2D eigenvalue weighted by atomic mass is 16.8. The van der Waals surface area contributed by atoms with Crippen molar-refractivity contribution >= 4 is 5.97 Å². The fourth-order valence-electron chi connectivity index (χ4n) is 2.51. The number of ether oxygens (including phenoxy) is 2. The van der Waals surface area contributed by atoms with Crippen molar-refractivity contribution in [3.05, 3.63) is 0 Å². The molecule has 2 fully saturated rings. The maximum Gasteiger partial charge on any atom is 0.335 e. The van der Waals surface area contributed by atoms with Gasteiger partial charge in [-0.05, 0) is 19.3 Å². The first-order valence-electron chi connectivity index (χ1n) is 5.75. The number of carboxylic acid groups (broad SMARTS) is 1. The van der Waals surface area contributed by atoms with Crippen LogP contribution in [0.1, 0.15) is 45.4 Å². The minimum absolute atomic E-state index is 0.277. The number of hydrogen-bond donors (Lipinski definition) is 1. The van der Waals surface area contributed by atoms with Crippen LogP contribution < -0.4 is 0 Å². The van der Waals surface area contributed by atoms with Crippen LogP contribution in [0.3, 0.4) is 0 Å². The van der Waals surface area contributed by atoms with Crippen LogP contribution in [0, 0.1) is 0 Å². The fourth-order valence-corrected chi connectivity index (χ4v) is 2.51. The van der Waals surface area contributed by atoms with E-state index in [4.69, 9.17) is 14.6 Å². The zero-order valence-corrected chi connectivity index (χ0v) is 9.07. The lowest BCUT2D eigenvalue weighted by Gasteiger charge is -2.31. The SMILES string of the molecule is CCC1OC2(CCCCC2)OC1C(=O)O. The largest absolute Gasteiger partial charge is 0.479 e. The van der Waals surface area contributed by atoms with Gasteiger partial charge in [0.2, 0.25) is 0 Å². The standard InChI is InChI=1S/C11H18O4/c1-2-8-9(10(12)13)15-11(14-8)6-4-3-5-7-11/h8-9H,2-7H2,1H3,(H,12,13). The molecule has 4 nitrogen and oxygen atoms in total. The van der Waals surface area contributed by atoms with E-state index in [0.29, 0.717) is 6.42 Å². The Morgan fingerprint density at radius 1 is 1.33 bits per heavy atom. The van der Waals surface area contributed by atoms with Gasteiger partial charge in [-0.25, -0.2) is 4.79 Å². The Bertz CT molecular complexity index is 245. The number of hydrogen-bond acceptors (Lipinski definition) is 3. The van der Waals surface area contributed by atoms with E-state index in [2.05, 4.69) is 0 Å². The smallest absolute Gasteiger partial charge is 0.335 e. The summed E-state index contributed by atoms with van der Waals surface area (Å²) < 4.78 is 11.4. The molecule has 1 N–H and O–H groups in total. The second kappa shape index (κ2) is 4.10. The summed E-state index contributed by atoms with van der Waals surface area (Å²) in [5.41, 5.74) is 0. The lowest BCUT2D eigenvalue weighted by molar-refractivity contribution is -0.198. The lowest BCUT2D eigenvalue weighted by Crippen LogP contribution is -2.34. The Labute approximate surface area is 89.6 Å². The van der Waals surface area contributed by atoms with Crippen LogP contribution in [-0.4, -0.2) is 29.1 Å². The number of carbonyl (C=O) groups is 1. The molecule has 15 heavy (non-hydrogen) atoms. The minimum atomic E-state index is -0.899. The lowest BCUT2D eigenvalue weighted by atomic mass is 9.94. The van der Waals surface area contributed by atoms with Gasteiger partial charge in [0.25, 0.3) is 0 Å². The number of aliphatic carboxylic acids is 1. The predicted molar refractivity (Wildman–Crippen MR) is 53.5 cm³/mol. The van der Waals surface area contributed by atoms with Crippen LogP contribution >= 0.6 is 0 Å². The van der Waals surface area contributed by atoms with Crippen molar-refractivity contribution in [3.8, 4) is 0 Å². The summed E-state index contributed by atoms with van der Waals surface area (Å²) in [7, 11) is 0. The summed E-state index contributed by atoms with van der Waals surface area (Å²) in [6.07, 6.45) is 4.67. The fraction of sp³-hybridized carbons (Fsp3) is 0.909. The maximum atomic E-state index is 11.0. The molecule has 0 amide bonds. The Hall–Kier alpha value is -0.610. The molecule has 0 aromatic rings. The van der Waals surface area contributed by atoms with E-state index in [-0.39, 0.29) is 6.10 Å². The van der Waals surface area contributed by atoms with Gasteiger partial charge in [-0.15, -0.1) is 0 Å². The normalized spacial score (nSPS) is 34.5. The summed E-state index contributed by atoms with van der Waals surface area (Å²) >= 11 is 0. The molecule has 1 spiro atoms. The molecule has 1 saturated heterocycles. The molecule has 1 saturated carbocycles. The van der Waals surface area contributed by atoms with Crippen molar-refractivity contribution in [3.63, 3.8) is 0 Å². The zero-order valence-electron chi connectivity index (χ0n) is 9.07. The molecular formula is C11H18O4. The topological polar surface area (TPSA) is 55.8 Å². The average molecular weight is 214 g/mol. The monoisotopic (exact) mass is 214 g/mol. The molecule has 2 unspecified atom stereocenters. The van der Waals surface area contributed by atoms with Crippen molar-refractivity contribution in [2.24, 2.45) is 0 Å². The Morgan fingerprint density at radius 3 is 2.47 bits per heavy atom. The molecule has 0 bridgehead atoms. The van der Waals surface area contributed by atoms with Crippen LogP contribution in [0.15, 0.2) is 0 Å². The molecule has 1 aliphatic carbocycles. The van der Waals surface area contributed by atoms with Gasteiger partial charge in [0, 0.05) is 12.8 Å². The van der Waals surface area contributed by atoms with Gasteiger partial charge in [0.05, 0.1) is 6.10 Å². The van der Waals surface area contributed by atoms with Crippen molar-refractivity contribution < 1.29 is 19.4 Å². The van der Waals surface area contributed by atoms with Crippen LogP contribution in [0.4, 0.5) is 0 Å². The Balaban J connectivity index is 2.08. The van der Waals surface area contributed by atoms with Gasteiger partial charge in [0.15, 0.2) is 11.9 Å². The highest BCUT2D eigenvalue weighted by Crippen LogP contribution is 2.41. The van der Waals surface area contributed by atoms with Crippen LogP contribution in [0.25, 0.3) is 0 Å². The summed E-state index contributed by atoms with van der Waals surface area (Å²) in [4.78, 5) is 11.0. The minimum Gasteiger partial charge on any atom is -0.479 e. The third-order valence-corrected chi connectivity index (χ3v) is 3.31. The third-order valence-electron chi connectivity index (χ3n) is 3.31. The molecule has 2 aliphatic rings. The van der Waals surface area contributed by atoms with E-state index in [1.165, 1.54) is 6.42 Å². The van der Waals surface area contributed by atoms with Gasteiger partial charge in [-0.3, -0.25) is 0 Å². The first-order chi connectivity index (χ1) is 7.17. The second-order valence-electron chi connectivity index (χ2n) is 4.41. The summed E-state index contributed by atoms with van der Waals surface area (Å²) in [6, 6.07) is 0. The molecule has 4 heteroatoms. The molecular weight excluding hydrogens is 196 g/mol. The van der Waals surface area contributed by atoms with Gasteiger partial charge in [-0.1, -0.05) is 13.3 Å². The van der Waals surface area contributed by atoms with Gasteiger partial charge >= 0.3 is 5.97 Å². The van der Waals surface area contributed by atoms with E-state index in [9.17, 15) is 4.79 Å². The summed E-state index contributed by atoms with van der Waals surface area (Å²) in [5, 5.41) is 9.02. The van der Waals surface area contributed by atoms with Crippen molar-refractivity contribution in [1.82, 2.24) is 0 Å². The highest BCUT2D eigenvalue weighted by molar-refractivity contribution is 5.73. The molecule has 86 valence electrons. The Morgan fingerprint density at radius 2 is 2.00 bits per heavy atom. The van der Waals surface area contributed by atoms with Crippen molar-refractivity contribution in [1.29, 1.82) is 0 Å².